The second-order valence-electron chi connectivity index (χ2n) is 5.58. The molecule has 0 aliphatic heterocycles. The van der Waals surface area contributed by atoms with Crippen LogP contribution in [0, 0.1) is 20.8 Å². The summed E-state index contributed by atoms with van der Waals surface area (Å²) in [4.78, 5) is 0. The zero-order valence-electron chi connectivity index (χ0n) is 13.5. The summed E-state index contributed by atoms with van der Waals surface area (Å²) in [6.45, 7) is 10.5. The van der Waals surface area contributed by atoms with Gasteiger partial charge in [-0.1, -0.05) is 31.2 Å². The van der Waals surface area contributed by atoms with E-state index in [1.54, 1.807) is 0 Å². The first kappa shape index (κ1) is 15.6. The third-order valence-corrected chi connectivity index (χ3v) is 3.77. The van der Waals surface area contributed by atoms with Crippen molar-refractivity contribution >= 4 is 0 Å². The Morgan fingerprint density at radius 1 is 0.905 bits per heavy atom. The summed E-state index contributed by atoms with van der Waals surface area (Å²) < 4.78 is 6.08. The molecule has 2 rings (SSSR count). The molecule has 0 aliphatic carbocycles. The van der Waals surface area contributed by atoms with E-state index < -0.39 is 0 Å². The number of nitrogens with one attached hydrogen (secondary N) is 1. The third kappa shape index (κ3) is 4.08. The van der Waals surface area contributed by atoms with Crippen LogP contribution in [-0.2, 0) is 6.54 Å². The van der Waals surface area contributed by atoms with E-state index in [4.69, 9.17) is 4.74 Å². The molecule has 0 fully saturated rings. The molecule has 0 bridgehead atoms. The minimum absolute atomic E-state index is 0.894. The van der Waals surface area contributed by atoms with Gasteiger partial charge in [0.15, 0.2) is 0 Å². The molecular formula is C19H25NO. The lowest BCUT2D eigenvalue weighted by molar-refractivity contribution is 0.474. The maximum atomic E-state index is 6.08. The van der Waals surface area contributed by atoms with Crippen molar-refractivity contribution in [2.75, 3.05) is 6.54 Å². The third-order valence-electron chi connectivity index (χ3n) is 3.77. The van der Waals surface area contributed by atoms with Crippen molar-refractivity contribution in [1.82, 2.24) is 5.32 Å². The van der Waals surface area contributed by atoms with E-state index in [1.165, 1.54) is 22.3 Å². The minimum atomic E-state index is 0.894. The summed E-state index contributed by atoms with van der Waals surface area (Å²) in [5.41, 5.74) is 4.93. The molecule has 0 radical (unpaired) electrons. The van der Waals surface area contributed by atoms with Crippen molar-refractivity contribution in [2.45, 2.75) is 40.7 Å². The van der Waals surface area contributed by atoms with Crippen molar-refractivity contribution < 1.29 is 4.74 Å². The van der Waals surface area contributed by atoms with Gasteiger partial charge in [-0.2, -0.15) is 0 Å². The van der Waals surface area contributed by atoms with Gasteiger partial charge in [-0.15, -0.1) is 0 Å². The molecule has 0 atom stereocenters. The summed E-state index contributed by atoms with van der Waals surface area (Å²) in [6.07, 6.45) is 1.16. The van der Waals surface area contributed by atoms with Gasteiger partial charge in [0.25, 0.3) is 0 Å². The topological polar surface area (TPSA) is 21.3 Å². The summed E-state index contributed by atoms with van der Waals surface area (Å²) in [6, 6.07) is 12.6. The minimum Gasteiger partial charge on any atom is -0.457 e. The molecule has 2 aromatic rings. The van der Waals surface area contributed by atoms with Gasteiger partial charge < -0.3 is 10.1 Å². The lowest BCUT2D eigenvalue weighted by atomic mass is 10.1. The van der Waals surface area contributed by atoms with Gasteiger partial charge in [0.05, 0.1) is 0 Å². The second kappa shape index (κ2) is 7.28. The molecule has 0 aromatic heterocycles. The normalized spacial score (nSPS) is 10.7. The van der Waals surface area contributed by atoms with E-state index in [0.717, 1.165) is 31.0 Å². The average Bonchev–Trinajstić information content (AvgIpc) is 2.49. The molecule has 0 unspecified atom stereocenters. The molecule has 0 spiro atoms. The summed E-state index contributed by atoms with van der Waals surface area (Å²) >= 11 is 0. The Bertz CT molecular complexity index is 587. The Hall–Kier alpha value is -1.80. The first-order valence-electron chi connectivity index (χ1n) is 7.66. The quantitative estimate of drug-likeness (QED) is 0.761. The number of hydrogen-bond acceptors (Lipinski definition) is 2. The first-order chi connectivity index (χ1) is 10.1. The van der Waals surface area contributed by atoms with E-state index >= 15 is 0 Å². The van der Waals surface area contributed by atoms with Crippen LogP contribution in [0.1, 0.15) is 35.6 Å². The predicted molar refractivity (Wildman–Crippen MR) is 89.2 cm³/mol. The zero-order valence-corrected chi connectivity index (χ0v) is 13.5. The molecule has 2 heteroatoms. The monoisotopic (exact) mass is 283 g/mol. The van der Waals surface area contributed by atoms with Gasteiger partial charge in [0, 0.05) is 6.54 Å². The van der Waals surface area contributed by atoms with Crippen molar-refractivity contribution in [1.29, 1.82) is 0 Å². The molecule has 0 aliphatic rings. The predicted octanol–water partition coefficient (Wildman–Crippen LogP) is 4.90. The smallest absolute Gasteiger partial charge is 0.133 e. The lowest BCUT2D eigenvalue weighted by Crippen LogP contribution is -2.13. The fourth-order valence-electron chi connectivity index (χ4n) is 2.29. The number of ether oxygens (including phenoxy) is 1. The van der Waals surface area contributed by atoms with Crippen LogP contribution in [0.3, 0.4) is 0 Å². The zero-order chi connectivity index (χ0) is 15.2. The van der Waals surface area contributed by atoms with Crippen molar-refractivity contribution in [2.24, 2.45) is 0 Å². The Labute approximate surface area is 128 Å². The van der Waals surface area contributed by atoms with Gasteiger partial charge in [0.2, 0.25) is 0 Å². The Balaban J connectivity index is 2.09. The highest BCUT2D eigenvalue weighted by Crippen LogP contribution is 2.30. The van der Waals surface area contributed by atoms with Crippen molar-refractivity contribution in [3.05, 3.63) is 58.7 Å². The molecule has 112 valence electrons. The first-order valence-corrected chi connectivity index (χ1v) is 7.66. The van der Waals surface area contributed by atoms with Crippen LogP contribution in [0.15, 0.2) is 36.4 Å². The summed E-state index contributed by atoms with van der Waals surface area (Å²) in [5, 5.41) is 3.41. The van der Waals surface area contributed by atoms with Crippen LogP contribution in [0.4, 0.5) is 0 Å². The molecule has 21 heavy (non-hydrogen) atoms. The van der Waals surface area contributed by atoms with Crippen LogP contribution in [-0.4, -0.2) is 6.54 Å². The maximum absolute atomic E-state index is 6.08. The molecule has 1 N–H and O–H groups in total. The molecule has 0 amide bonds. The fourth-order valence-corrected chi connectivity index (χ4v) is 2.29. The fraction of sp³-hybridized carbons (Fsp3) is 0.368. The van der Waals surface area contributed by atoms with Gasteiger partial charge in [-0.25, -0.2) is 0 Å². The van der Waals surface area contributed by atoms with Crippen molar-refractivity contribution in [3.8, 4) is 11.5 Å². The molecule has 2 nitrogen and oxygen atoms in total. The summed E-state index contributed by atoms with van der Waals surface area (Å²) in [5.74, 6) is 1.87. The van der Waals surface area contributed by atoms with Crippen molar-refractivity contribution in [3.63, 3.8) is 0 Å². The maximum Gasteiger partial charge on any atom is 0.133 e. The molecule has 2 aromatic carbocycles. The van der Waals surface area contributed by atoms with Gasteiger partial charge in [-0.05, 0) is 68.1 Å². The van der Waals surface area contributed by atoms with E-state index in [1.807, 2.05) is 12.1 Å². The van der Waals surface area contributed by atoms with Crippen LogP contribution in [0.5, 0.6) is 11.5 Å². The van der Waals surface area contributed by atoms with Crippen LogP contribution >= 0.6 is 0 Å². The SMILES string of the molecule is CCCNCc1ccc(Oc2c(C)ccc(C)c2C)cc1. The summed E-state index contributed by atoms with van der Waals surface area (Å²) in [7, 11) is 0. The largest absolute Gasteiger partial charge is 0.457 e. The van der Waals surface area contributed by atoms with Gasteiger partial charge in [-0.3, -0.25) is 0 Å². The average molecular weight is 283 g/mol. The van der Waals surface area contributed by atoms with E-state index in [2.05, 4.69) is 57.3 Å². The Morgan fingerprint density at radius 2 is 1.57 bits per heavy atom. The molecular weight excluding hydrogens is 258 g/mol. The van der Waals surface area contributed by atoms with E-state index in [9.17, 15) is 0 Å². The van der Waals surface area contributed by atoms with Crippen LogP contribution in [0.25, 0.3) is 0 Å². The highest BCUT2D eigenvalue weighted by Gasteiger charge is 2.07. The van der Waals surface area contributed by atoms with E-state index in [-0.39, 0.29) is 0 Å². The van der Waals surface area contributed by atoms with E-state index in [0.29, 0.717) is 0 Å². The highest BCUT2D eigenvalue weighted by molar-refractivity contribution is 5.47. The molecule has 0 heterocycles. The Kier molecular flexibility index (Phi) is 5.40. The van der Waals surface area contributed by atoms with Gasteiger partial charge in [0.1, 0.15) is 11.5 Å². The number of aryl methyl sites for hydroxylation is 2. The Morgan fingerprint density at radius 3 is 2.24 bits per heavy atom. The second-order valence-corrected chi connectivity index (χ2v) is 5.58. The number of rotatable bonds is 6. The highest BCUT2D eigenvalue weighted by atomic mass is 16.5. The lowest BCUT2D eigenvalue weighted by Gasteiger charge is -2.14. The van der Waals surface area contributed by atoms with Crippen LogP contribution in [0.2, 0.25) is 0 Å². The molecule has 0 saturated carbocycles. The molecule has 0 saturated heterocycles. The standard InChI is InChI=1S/C19H25NO/c1-5-12-20-13-17-8-10-18(11-9-17)21-19-15(3)7-6-14(2)16(19)4/h6-11,20H,5,12-13H2,1-4H3. The number of hydrogen-bond donors (Lipinski definition) is 1. The van der Waals surface area contributed by atoms with Gasteiger partial charge >= 0.3 is 0 Å². The number of benzene rings is 2. The van der Waals surface area contributed by atoms with Crippen LogP contribution < -0.4 is 10.1 Å².